The SMILES string of the molecule is C=C1CCC2C(C)(C(=O)O)CCCC2(C)C1CCC1(O)C(OC)OC(OC)C1O. The van der Waals surface area contributed by atoms with Gasteiger partial charge in [-0.15, -0.1) is 0 Å². The Kier molecular flexibility index (Phi) is 6.20. The zero-order chi connectivity index (χ0) is 21.6. The number of carboxylic acids is 1. The highest BCUT2D eigenvalue weighted by Crippen LogP contribution is 2.62. The average Bonchev–Trinajstić information content (AvgIpc) is 2.91. The Morgan fingerprint density at radius 1 is 1.28 bits per heavy atom. The fourth-order valence-corrected chi connectivity index (χ4v) is 6.51. The van der Waals surface area contributed by atoms with Crippen LogP contribution in [0.3, 0.4) is 0 Å². The molecule has 3 aliphatic rings. The quantitative estimate of drug-likeness (QED) is 0.576. The maximum atomic E-state index is 12.1. The van der Waals surface area contributed by atoms with E-state index in [4.69, 9.17) is 14.2 Å². The van der Waals surface area contributed by atoms with E-state index in [1.165, 1.54) is 14.2 Å². The number of fused-ring (bicyclic) bond motifs is 1. The second-order valence-corrected chi connectivity index (χ2v) is 9.67. The Hall–Kier alpha value is -0.990. The lowest BCUT2D eigenvalue weighted by atomic mass is 9.46. The summed E-state index contributed by atoms with van der Waals surface area (Å²) < 4.78 is 15.9. The number of methoxy groups -OCH3 is 2. The van der Waals surface area contributed by atoms with Gasteiger partial charge in [-0.1, -0.05) is 25.5 Å². The highest BCUT2D eigenvalue weighted by molar-refractivity contribution is 5.75. The number of hydrogen-bond acceptors (Lipinski definition) is 6. The molecular formula is C22H36O7. The molecule has 2 saturated carbocycles. The van der Waals surface area contributed by atoms with Crippen molar-refractivity contribution in [3.63, 3.8) is 0 Å². The van der Waals surface area contributed by atoms with Crippen molar-refractivity contribution in [2.45, 2.75) is 83.1 Å². The summed E-state index contributed by atoms with van der Waals surface area (Å²) in [5.74, 6) is -0.600. The molecule has 8 atom stereocenters. The number of ether oxygens (including phenoxy) is 3. The van der Waals surface area contributed by atoms with Gasteiger partial charge in [0, 0.05) is 14.2 Å². The van der Waals surface area contributed by atoms with Gasteiger partial charge in [-0.05, 0) is 62.7 Å². The molecule has 8 unspecified atom stereocenters. The summed E-state index contributed by atoms with van der Waals surface area (Å²) >= 11 is 0. The van der Waals surface area contributed by atoms with Gasteiger partial charge in [0.1, 0.15) is 11.7 Å². The molecular weight excluding hydrogens is 376 g/mol. The van der Waals surface area contributed by atoms with Crippen LogP contribution >= 0.6 is 0 Å². The zero-order valence-electron chi connectivity index (χ0n) is 18.0. The van der Waals surface area contributed by atoms with Gasteiger partial charge in [0.25, 0.3) is 0 Å². The number of hydrogen-bond donors (Lipinski definition) is 3. The summed E-state index contributed by atoms with van der Waals surface area (Å²) in [4.78, 5) is 12.1. The monoisotopic (exact) mass is 412 g/mol. The Morgan fingerprint density at radius 3 is 2.55 bits per heavy atom. The first-order valence-corrected chi connectivity index (χ1v) is 10.6. The molecule has 29 heavy (non-hydrogen) atoms. The molecule has 7 nitrogen and oxygen atoms in total. The minimum absolute atomic E-state index is 0.0566. The third-order valence-corrected chi connectivity index (χ3v) is 8.22. The van der Waals surface area contributed by atoms with Crippen LogP contribution < -0.4 is 0 Å². The predicted molar refractivity (Wildman–Crippen MR) is 106 cm³/mol. The second-order valence-electron chi connectivity index (χ2n) is 9.67. The van der Waals surface area contributed by atoms with E-state index in [0.29, 0.717) is 12.8 Å². The van der Waals surface area contributed by atoms with Gasteiger partial charge in [-0.25, -0.2) is 0 Å². The van der Waals surface area contributed by atoms with E-state index in [1.54, 1.807) is 0 Å². The molecule has 0 aromatic carbocycles. The van der Waals surface area contributed by atoms with Crippen LogP contribution in [0.15, 0.2) is 12.2 Å². The van der Waals surface area contributed by atoms with Crippen LogP contribution in [-0.2, 0) is 19.0 Å². The molecule has 2 aliphatic carbocycles. The molecule has 0 bridgehead atoms. The summed E-state index contributed by atoms with van der Waals surface area (Å²) in [6, 6.07) is 0. The molecule has 1 aliphatic heterocycles. The Bertz CT molecular complexity index is 647. The molecule has 3 rings (SSSR count). The second kappa shape index (κ2) is 7.93. The lowest BCUT2D eigenvalue weighted by Crippen LogP contribution is -2.54. The van der Waals surface area contributed by atoms with Gasteiger partial charge in [0.2, 0.25) is 0 Å². The van der Waals surface area contributed by atoms with Gasteiger partial charge in [0.15, 0.2) is 12.6 Å². The lowest BCUT2D eigenvalue weighted by molar-refractivity contribution is -0.220. The first kappa shape index (κ1) is 22.7. The topological polar surface area (TPSA) is 105 Å². The number of carbonyl (C=O) groups is 1. The molecule has 3 fully saturated rings. The van der Waals surface area contributed by atoms with Crippen LogP contribution in [0.25, 0.3) is 0 Å². The summed E-state index contributed by atoms with van der Waals surface area (Å²) in [5, 5.41) is 31.7. The lowest BCUT2D eigenvalue weighted by Gasteiger charge is -2.57. The fraction of sp³-hybridized carbons (Fsp3) is 0.864. The Labute approximate surface area is 173 Å². The molecule has 166 valence electrons. The van der Waals surface area contributed by atoms with Crippen LogP contribution in [0.4, 0.5) is 0 Å². The molecule has 0 aromatic heterocycles. The van der Waals surface area contributed by atoms with Crippen molar-refractivity contribution in [2.24, 2.45) is 22.7 Å². The van der Waals surface area contributed by atoms with E-state index >= 15 is 0 Å². The van der Waals surface area contributed by atoms with Crippen molar-refractivity contribution in [3.05, 3.63) is 12.2 Å². The molecule has 0 aromatic rings. The minimum atomic E-state index is -1.59. The van der Waals surface area contributed by atoms with Gasteiger partial charge in [-0.3, -0.25) is 4.79 Å². The van der Waals surface area contributed by atoms with Gasteiger partial charge < -0.3 is 29.5 Å². The third kappa shape index (κ3) is 3.45. The number of carboxylic acid groups (broad SMARTS) is 1. The zero-order valence-corrected chi connectivity index (χ0v) is 18.0. The summed E-state index contributed by atoms with van der Waals surface area (Å²) in [6.07, 6.45) is 1.78. The van der Waals surface area contributed by atoms with E-state index in [-0.39, 0.29) is 23.7 Å². The molecule has 0 amide bonds. The van der Waals surface area contributed by atoms with Crippen LogP contribution in [0.5, 0.6) is 0 Å². The minimum Gasteiger partial charge on any atom is -0.481 e. The number of aliphatic carboxylic acids is 1. The molecule has 1 saturated heterocycles. The highest BCUT2D eigenvalue weighted by atomic mass is 16.8. The van der Waals surface area contributed by atoms with E-state index in [2.05, 4.69) is 13.5 Å². The summed E-state index contributed by atoms with van der Waals surface area (Å²) in [5.41, 5.74) is -1.43. The first-order chi connectivity index (χ1) is 13.5. The largest absolute Gasteiger partial charge is 0.481 e. The average molecular weight is 413 g/mol. The number of allylic oxidation sites excluding steroid dienone is 1. The smallest absolute Gasteiger partial charge is 0.309 e. The fourth-order valence-electron chi connectivity index (χ4n) is 6.51. The van der Waals surface area contributed by atoms with Crippen LogP contribution in [0.2, 0.25) is 0 Å². The van der Waals surface area contributed by atoms with Crippen LogP contribution in [0.1, 0.15) is 58.8 Å². The maximum absolute atomic E-state index is 12.1. The maximum Gasteiger partial charge on any atom is 0.309 e. The Balaban J connectivity index is 1.84. The van der Waals surface area contributed by atoms with Gasteiger partial charge >= 0.3 is 5.97 Å². The number of rotatable bonds is 6. The predicted octanol–water partition coefficient (Wildman–Crippen LogP) is 2.70. The van der Waals surface area contributed by atoms with E-state index in [9.17, 15) is 20.1 Å². The Morgan fingerprint density at radius 2 is 1.97 bits per heavy atom. The van der Waals surface area contributed by atoms with Gasteiger partial charge in [-0.2, -0.15) is 0 Å². The normalized spacial score (nSPS) is 47.8. The van der Waals surface area contributed by atoms with E-state index in [0.717, 1.165) is 31.3 Å². The van der Waals surface area contributed by atoms with Crippen molar-refractivity contribution in [3.8, 4) is 0 Å². The molecule has 3 N–H and O–H groups in total. The molecule has 0 radical (unpaired) electrons. The first-order valence-electron chi connectivity index (χ1n) is 10.6. The van der Waals surface area contributed by atoms with E-state index < -0.39 is 35.7 Å². The number of aliphatic hydroxyl groups excluding tert-OH is 1. The van der Waals surface area contributed by atoms with Crippen molar-refractivity contribution in [2.75, 3.05) is 14.2 Å². The molecule has 0 spiro atoms. The number of aliphatic hydroxyl groups is 2. The van der Waals surface area contributed by atoms with Crippen molar-refractivity contribution >= 4 is 5.97 Å². The summed E-state index contributed by atoms with van der Waals surface area (Å²) in [6.45, 7) is 8.37. The van der Waals surface area contributed by atoms with Gasteiger partial charge in [0.05, 0.1) is 5.41 Å². The van der Waals surface area contributed by atoms with Crippen LogP contribution in [0, 0.1) is 22.7 Å². The van der Waals surface area contributed by atoms with Crippen molar-refractivity contribution in [1.29, 1.82) is 0 Å². The van der Waals surface area contributed by atoms with Crippen molar-refractivity contribution in [1.82, 2.24) is 0 Å². The van der Waals surface area contributed by atoms with Crippen molar-refractivity contribution < 1.29 is 34.3 Å². The highest BCUT2D eigenvalue weighted by Gasteiger charge is 2.60. The van der Waals surface area contributed by atoms with Crippen LogP contribution in [-0.4, -0.2) is 59.8 Å². The molecule has 1 heterocycles. The molecule has 7 heteroatoms. The summed E-state index contributed by atoms with van der Waals surface area (Å²) in [7, 11) is 2.84. The standard InChI is InChI=1S/C22H36O7/c1-13-7-8-15-20(2,10-6-11-21(15,3)18(24)25)14(13)9-12-22(26)16(23)17(27-4)29-19(22)28-5/h14-17,19,23,26H,1,6-12H2,2-5H3,(H,24,25). The van der Waals surface area contributed by atoms with E-state index in [1.807, 2.05) is 6.92 Å². The third-order valence-electron chi connectivity index (χ3n) is 8.22.